The average molecular weight is 389 g/mol. The van der Waals surface area contributed by atoms with Crippen molar-refractivity contribution in [2.75, 3.05) is 7.05 Å². The molecule has 0 aliphatic rings. The van der Waals surface area contributed by atoms with E-state index in [-0.39, 0.29) is 29.8 Å². The van der Waals surface area contributed by atoms with Gasteiger partial charge in [0, 0.05) is 19.4 Å². The summed E-state index contributed by atoms with van der Waals surface area (Å²) < 4.78 is 40.6. The Morgan fingerprint density at radius 2 is 1.86 bits per heavy atom. The summed E-state index contributed by atoms with van der Waals surface area (Å²) in [6, 6.07) is 8.63. The Morgan fingerprint density at radius 1 is 1.18 bits per heavy atom. The number of pyridine rings is 1. The quantitative estimate of drug-likeness (QED) is 0.669. The van der Waals surface area contributed by atoms with Gasteiger partial charge in [-0.1, -0.05) is 23.4 Å². The molecule has 0 saturated carbocycles. The van der Waals surface area contributed by atoms with Gasteiger partial charge in [0.2, 0.25) is 0 Å². The van der Waals surface area contributed by atoms with Gasteiger partial charge in [-0.3, -0.25) is 9.78 Å². The van der Waals surface area contributed by atoms with Gasteiger partial charge in [0.05, 0.1) is 24.3 Å². The predicted molar refractivity (Wildman–Crippen MR) is 95.3 cm³/mol. The van der Waals surface area contributed by atoms with Crippen molar-refractivity contribution in [3.05, 3.63) is 77.4 Å². The molecule has 0 fully saturated rings. The van der Waals surface area contributed by atoms with Gasteiger partial charge in [-0.15, -0.1) is 5.10 Å². The topological polar surface area (TPSA) is 63.9 Å². The van der Waals surface area contributed by atoms with E-state index >= 15 is 0 Å². The molecule has 0 N–H and O–H groups in total. The van der Waals surface area contributed by atoms with Crippen molar-refractivity contribution < 1.29 is 18.0 Å². The van der Waals surface area contributed by atoms with Crippen LogP contribution >= 0.6 is 0 Å². The third-order valence-electron chi connectivity index (χ3n) is 4.50. The summed E-state index contributed by atoms with van der Waals surface area (Å²) in [5.41, 5.74) is 0.282. The number of halogens is 3. The maximum Gasteiger partial charge on any atom is 0.416 e. The molecular weight excluding hydrogens is 371 g/mol. The zero-order valence-electron chi connectivity index (χ0n) is 15.3. The third-order valence-corrected chi connectivity index (χ3v) is 4.50. The first kappa shape index (κ1) is 19.5. The zero-order chi connectivity index (χ0) is 20.3. The van der Waals surface area contributed by atoms with Gasteiger partial charge in [-0.25, -0.2) is 4.68 Å². The Labute approximate surface area is 159 Å². The molecule has 9 heteroatoms. The number of benzene rings is 1. The van der Waals surface area contributed by atoms with E-state index in [1.807, 2.05) is 6.92 Å². The molecule has 0 spiro atoms. The van der Waals surface area contributed by atoms with E-state index in [4.69, 9.17) is 0 Å². The van der Waals surface area contributed by atoms with Gasteiger partial charge in [-0.05, 0) is 36.2 Å². The highest BCUT2D eigenvalue weighted by Gasteiger charge is 2.33. The van der Waals surface area contributed by atoms with Crippen molar-refractivity contribution >= 4 is 5.91 Å². The highest BCUT2D eigenvalue weighted by Crippen LogP contribution is 2.32. The molecule has 1 unspecified atom stereocenters. The zero-order valence-corrected chi connectivity index (χ0v) is 15.3. The maximum absolute atomic E-state index is 13.1. The molecule has 3 rings (SSSR count). The van der Waals surface area contributed by atoms with E-state index in [1.54, 1.807) is 31.6 Å². The minimum atomic E-state index is -4.46. The Morgan fingerprint density at radius 3 is 2.54 bits per heavy atom. The van der Waals surface area contributed by atoms with Crippen LogP contribution in [0.25, 0.3) is 0 Å². The molecule has 0 aliphatic carbocycles. The van der Waals surface area contributed by atoms with Gasteiger partial charge >= 0.3 is 6.18 Å². The highest BCUT2D eigenvalue weighted by molar-refractivity contribution is 5.92. The van der Waals surface area contributed by atoms with E-state index in [9.17, 15) is 18.0 Å². The largest absolute Gasteiger partial charge is 0.416 e. The summed E-state index contributed by atoms with van der Waals surface area (Å²) >= 11 is 0. The monoisotopic (exact) mass is 389 g/mol. The van der Waals surface area contributed by atoms with Crippen molar-refractivity contribution in [1.82, 2.24) is 24.9 Å². The fraction of sp³-hybridized carbons (Fsp3) is 0.263. The first-order chi connectivity index (χ1) is 13.3. The normalized spacial score (nSPS) is 12.6. The van der Waals surface area contributed by atoms with Crippen LogP contribution in [0.1, 0.15) is 40.1 Å². The van der Waals surface area contributed by atoms with Crippen LogP contribution in [0.3, 0.4) is 0 Å². The SMILES string of the molecule is CC(c1ccncc1)N(C)C(=O)c1cn(Cc2ccccc2C(F)(F)F)nn1. The average Bonchev–Trinajstić information content (AvgIpc) is 3.15. The highest BCUT2D eigenvalue weighted by atomic mass is 19.4. The van der Waals surface area contributed by atoms with Crippen LogP contribution in [0.15, 0.2) is 55.0 Å². The number of carbonyl (C=O) groups is 1. The van der Waals surface area contributed by atoms with Crippen LogP contribution in [0, 0.1) is 0 Å². The second-order valence-electron chi connectivity index (χ2n) is 6.33. The number of carbonyl (C=O) groups excluding carboxylic acids is 1. The molecule has 2 heterocycles. The number of aromatic nitrogens is 4. The standard InChI is InChI=1S/C19H18F3N5O/c1-13(14-7-9-23-10-8-14)26(2)18(28)17-12-27(25-24-17)11-15-5-3-4-6-16(15)19(20,21)22/h3-10,12-13H,11H2,1-2H3. The molecule has 0 saturated heterocycles. The Hall–Kier alpha value is -3.23. The smallest absolute Gasteiger partial charge is 0.334 e. The summed E-state index contributed by atoms with van der Waals surface area (Å²) in [5, 5.41) is 7.64. The van der Waals surface area contributed by atoms with E-state index < -0.39 is 11.7 Å². The molecule has 2 aromatic heterocycles. The van der Waals surface area contributed by atoms with E-state index in [2.05, 4.69) is 15.3 Å². The molecule has 0 radical (unpaired) electrons. The first-order valence-electron chi connectivity index (χ1n) is 8.49. The minimum absolute atomic E-state index is 0.0532. The summed E-state index contributed by atoms with van der Waals surface area (Å²) in [6.45, 7) is 1.72. The van der Waals surface area contributed by atoms with Crippen molar-refractivity contribution in [2.24, 2.45) is 0 Å². The van der Waals surface area contributed by atoms with Gasteiger partial charge < -0.3 is 4.90 Å². The van der Waals surface area contributed by atoms with Crippen LogP contribution in [-0.4, -0.2) is 37.8 Å². The molecule has 1 amide bonds. The van der Waals surface area contributed by atoms with Gasteiger partial charge in [0.1, 0.15) is 0 Å². The maximum atomic E-state index is 13.1. The number of amides is 1. The van der Waals surface area contributed by atoms with Crippen LogP contribution in [0.5, 0.6) is 0 Å². The number of rotatable bonds is 5. The summed E-state index contributed by atoms with van der Waals surface area (Å²) in [6.07, 6.45) is 0.165. The summed E-state index contributed by atoms with van der Waals surface area (Å²) in [5.74, 6) is -0.375. The van der Waals surface area contributed by atoms with Crippen molar-refractivity contribution in [3.63, 3.8) is 0 Å². The molecule has 0 aliphatic heterocycles. The van der Waals surface area contributed by atoms with Crippen molar-refractivity contribution in [3.8, 4) is 0 Å². The molecule has 6 nitrogen and oxygen atoms in total. The van der Waals surface area contributed by atoms with Crippen LogP contribution in [0.4, 0.5) is 13.2 Å². The fourth-order valence-corrected chi connectivity index (χ4v) is 2.81. The molecule has 28 heavy (non-hydrogen) atoms. The molecule has 1 atom stereocenters. The van der Waals surface area contributed by atoms with Crippen LogP contribution in [-0.2, 0) is 12.7 Å². The fourth-order valence-electron chi connectivity index (χ4n) is 2.81. The van der Waals surface area contributed by atoms with Crippen LogP contribution < -0.4 is 0 Å². The lowest BCUT2D eigenvalue weighted by Gasteiger charge is -2.24. The first-order valence-corrected chi connectivity index (χ1v) is 8.49. The third kappa shape index (κ3) is 4.19. The lowest BCUT2D eigenvalue weighted by atomic mass is 10.1. The van der Waals surface area contributed by atoms with E-state index in [1.165, 1.54) is 34.0 Å². The lowest BCUT2D eigenvalue weighted by Crippen LogP contribution is -2.30. The summed E-state index contributed by atoms with van der Waals surface area (Å²) in [4.78, 5) is 18.1. The molecule has 0 bridgehead atoms. The Kier molecular flexibility index (Phi) is 5.43. The van der Waals surface area contributed by atoms with Crippen molar-refractivity contribution in [1.29, 1.82) is 0 Å². The van der Waals surface area contributed by atoms with Crippen LogP contribution in [0.2, 0.25) is 0 Å². The van der Waals surface area contributed by atoms with Crippen molar-refractivity contribution in [2.45, 2.75) is 25.7 Å². The molecule has 3 aromatic rings. The number of nitrogens with zero attached hydrogens (tertiary/aromatic N) is 5. The number of alkyl halides is 3. The van der Waals surface area contributed by atoms with E-state index in [0.29, 0.717) is 0 Å². The molecule has 1 aromatic carbocycles. The Bertz CT molecular complexity index is 955. The summed E-state index contributed by atoms with van der Waals surface area (Å²) in [7, 11) is 1.63. The number of hydrogen-bond donors (Lipinski definition) is 0. The Balaban J connectivity index is 1.77. The number of hydrogen-bond acceptors (Lipinski definition) is 4. The second-order valence-corrected chi connectivity index (χ2v) is 6.33. The van der Waals surface area contributed by atoms with Gasteiger partial charge in [-0.2, -0.15) is 13.2 Å². The lowest BCUT2D eigenvalue weighted by molar-refractivity contribution is -0.138. The van der Waals surface area contributed by atoms with E-state index in [0.717, 1.165) is 11.6 Å². The van der Waals surface area contributed by atoms with Gasteiger partial charge in [0.15, 0.2) is 5.69 Å². The van der Waals surface area contributed by atoms with Gasteiger partial charge in [0.25, 0.3) is 5.91 Å². The molecule has 146 valence electrons. The second kappa shape index (κ2) is 7.79. The predicted octanol–water partition coefficient (Wildman–Crippen LogP) is 3.57. The molecular formula is C19H18F3N5O. The minimum Gasteiger partial charge on any atom is -0.334 e.